The average molecular weight is 271 g/mol. The largest absolute Gasteiger partial charge is 0.447 e. The molecule has 2 aliphatic rings. The molecule has 19 heavy (non-hydrogen) atoms. The van der Waals surface area contributed by atoms with Crippen molar-refractivity contribution >= 4 is 12.0 Å². The van der Waals surface area contributed by atoms with Crippen LogP contribution in [0.1, 0.15) is 6.42 Å². The molecular weight excluding hydrogens is 250 g/mol. The summed E-state index contributed by atoms with van der Waals surface area (Å²) in [6.07, 6.45) is 0.444. The molecule has 2 amide bonds. The molecule has 2 fully saturated rings. The first-order valence-corrected chi connectivity index (χ1v) is 6.73. The van der Waals surface area contributed by atoms with E-state index in [0.717, 1.165) is 32.6 Å². The minimum absolute atomic E-state index is 0.165. The SMILES string of the molecule is O=C(CN1CCCN(CCO)CC1)N1CCOC1=O. The van der Waals surface area contributed by atoms with Crippen LogP contribution in [0.25, 0.3) is 0 Å². The monoisotopic (exact) mass is 271 g/mol. The highest BCUT2D eigenvalue weighted by atomic mass is 16.6. The van der Waals surface area contributed by atoms with E-state index in [-0.39, 0.29) is 19.1 Å². The van der Waals surface area contributed by atoms with Gasteiger partial charge in [0.1, 0.15) is 6.61 Å². The Kier molecular flexibility index (Phi) is 5.12. The van der Waals surface area contributed by atoms with Crippen molar-refractivity contribution in [3.63, 3.8) is 0 Å². The summed E-state index contributed by atoms with van der Waals surface area (Å²) in [4.78, 5) is 28.7. The van der Waals surface area contributed by atoms with Crippen LogP contribution in [0.5, 0.6) is 0 Å². The van der Waals surface area contributed by atoms with Gasteiger partial charge in [0.05, 0.1) is 19.7 Å². The number of hydrogen-bond donors (Lipinski definition) is 1. The second-order valence-electron chi connectivity index (χ2n) is 4.85. The van der Waals surface area contributed by atoms with E-state index in [0.29, 0.717) is 19.7 Å². The quantitative estimate of drug-likeness (QED) is 0.704. The molecule has 7 heteroatoms. The van der Waals surface area contributed by atoms with Crippen LogP contribution in [-0.2, 0) is 9.53 Å². The van der Waals surface area contributed by atoms with Gasteiger partial charge >= 0.3 is 6.09 Å². The van der Waals surface area contributed by atoms with E-state index in [2.05, 4.69) is 9.80 Å². The van der Waals surface area contributed by atoms with Crippen LogP contribution >= 0.6 is 0 Å². The fraction of sp³-hybridized carbons (Fsp3) is 0.833. The molecule has 7 nitrogen and oxygen atoms in total. The Bertz CT molecular complexity index is 337. The lowest BCUT2D eigenvalue weighted by Gasteiger charge is -2.22. The number of nitrogens with zero attached hydrogens (tertiary/aromatic N) is 3. The summed E-state index contributed by atoms with van der Waals surface area (Å²) in [7, 11) is 0. The van der Waals surface area contributed by atoms with Crippen molar-refractivity contribution < 1.29 is 19.4 Å². The van der Waals surface area contributed by atoms with Crippen LogP contribution in [0.15, 0.2) is 0 Å². The van der Waals surface area contributed by atoms with Gasteiger partial charge in [0.15, 0.2) is 0 Å². The lowest BCUT2D eigenvalue weighted by atomic mass is 10.3. The Labute approximate surface area is 112 Å². The molecule has 0 aliphatic carbocycles. The number of ether oxygens (including phenoxy) is 1. The number of aliphatic hydroxyl groups excluding tert-OH is 1. The van der Waals surface area contributed by atoms with Crippen LogP contribution < -0.4 is 0 Å². The van der Waals surface area contributed by atoms with E-state index in [1.807, 2.05) is 0 Å². The maximum atomic E-state index is 12.0. The first-order valence-electron chi connectivity index (χ1n) is 6.73. The van der Waals surface area contributed by atoms with E-state index in [4.69, 9.17) is 9.84 Å². The summed E-state index contributed by atoms with van der Waals surface area (Å²) in [5.74, 6) is -0.182. The smallest absolute Gasteiger partial charge is 0.416 e. The van der Waals surface area contributed by atoms with Crippen molar-refractivity contribution in [3.8, 4) is 0 Å². The maximum Gasteiger partial charge on any atom is 0.416 e. The third-order valence-electron chi connectivity index (χ3n) is 3.52. The fourth-order valence-electron chi connectivity index (χ4n) is 2.44. The number of hydrogen-bond acceptors (Lipinski definition) is 6. The summed E-state index contributed by atoms with van der Waals surface area (Å²) in [5.41, 5.74) is 0. The van der Waals surface area contributed by atoms with E-state index in [1.165, 1.54) is 4.90 Å². The molecule has 0 atom stereocenters. The van der Waals surface area contributed by atoms with E-state index >= 15 is 0 Å². The van der Waals surface area contributed by atoms with Gasteiger partial charge in [-0.15, -0.1) is 0 Å². The fourth-order valence-corrected chi connectivity index (χ4v) is 2.44. The Hall–Kier alpha value is -1.18. The minimum Gasteiger partial charge on any atom is -0.447 e. The van der Waals surface area contributed by atoms with Gasteiger partial charge in [0.2, 0.25) is 5.91 Å². The summed E-state index contributed by atoms with van der Waals surface area (Å²) >= 11 is 0. The third kappa shape index (κ3) is 3.89. The van der Waals surface area contributed by atoms with Crippen LogP contribution in [0.4, 0.5) is 4.79 Å². The van der Waals surface area contributed by atoms with Gasteiger partial charge in [-0.25, -0.2) is 9.69 Å². The van der Waals surface area contributed by atoms with Gasteiger partial charge in [0, 0.05) is 19.6 Å². The highest BCUT2D eigenvalue weighted by molar-refractivity contribution is 5.94. The number of β-amino-alcohol motifs (C(OH)–C–C–N with tert-alkyl or cyclic N) is 1. The second kappa shape index (κ2) is 6.83. The highest BCUT2D eigenvalue weighted by Crippen LogP contribution is 2.07. The molecule has 2 saturated heterocycles. The van der Waals surface area contributed by atoms with Crippen LogP contribution in [0.3, 0.4) is 0 Å². The van der Waals surface area contributed by atoms with Crippen LogP contribution in [0.2, 0.25) is 0 Å². The molecule has 0 aromatic rings. The zero-order valence-electron chi connectivity index (χ0n) is 11.1. The van der Waals surface area contributed by atoms with Gasteiger partial charge in [-0.05, 0) is 19.5 Å². The van der Waals surface area contributed by atoms with Gasteiger partial charge < -0.3 is 9.84 Å². The second-order valence-corrected chi connectivity index (χ2v) is 4.85. The number of imide groups is 1. The third-order valence-corrected chi connectivity index (χ3v) is 3.52. The Morgan fingerprint density at radius 3 is 2.58 bits per heavy atom. The molecule has 0 aromatic heterocycles. The van der Waals surface area contributed by atoms with Crippen molar-refractivity contribution in [3.05, 3.63) is 0 Å². The molecule has 0 spiro atoms. The maximum absolute atomic E-state index is 12.0. The molecule has 2 rings (SSSR count). The first kappa shape index (κ1) is 14.2. The van der Waals surface area contributed by atoms with Crippen molar-refractivity contribution in [1.82, 2.24) is 14.7 Å². The zero-order valence-corrected chi connectivity index (χ0v) is 11.1. The molecule has 2 aliphatic heterocycles. The van der Waals surface area contributed by atoms with Gasteiger partial charge in [-0.3, -0.25) is 14.6 Å². The van der Waals surface area contributed by atoms with Gasteiger partial charge in [0.25, 0.3) is 0 Å². The number of amides is 2. The summed E-state index contributed by atoms with van der Waals surface area (Å²) in [6.45, 7) is 5.19. The number of carbonyl (C=O) groups is 2. The lowest BCUT2D eigenvalue weighted by Crippen LogP contribution is -2.42. The number of carbonyl (C=O) groups excluding carboxylic acids is 2. The number of rotatable bonds is 4. The number of cyclic esters (lactones) is 1. The molecule has 1 N–H and O–H groups in total. The lowest BCUT2D eigenvalue weighted by molar-refractivity contribution is -0.128. The normalized spacial score (nSPS) is 22.4. The predicted octanol–water partition coefficient (Wildman–Crippen LogP) is -1.03. The predicted molar refractivity (Wildman–Crippen MR) is 67.6 cm³/mol. The van der Waals surface area contributed by atoms with Crippen LogP contribution in [-0.4, -0.2) is 90.8 Å². The van der Waals surface area contributed by atoms with E-state index in [1.54, 1.807) is 0 Å². The highest BCUT2D eigenvalue weighted by Gasteiger charge is 2.29. The molecular formula is C12H21N3O4. The van der Waals surface area contributed by atoms with Crippen molar-refractivity contribution in [2.24, 2.45) is 0 Å². The first-order chi connectivity index (χ1) is 9.20. The van der Waals surface area contributed by atoms with Crippen molar-refractivity contribution in [2.75, 3.05) is 59.0 Å². The van der Waals surface area contributed by atoms with Gasteiger partial charge in [-0.2, -0.15) is 0 Å². The Balaban J connectivity index is 1.79. The van der Waals surface area contributed by atoms with Crippen LogP contribution in [0, 0.1) is 0 Å². The summed E-state index contributed by atoms with van der Waals surface area (Å²) < 4.78 is 4.76. The van der Waals surface area contributed by atoms with Gasteiger partial charge in [-0.1, -0.05) is 0 Å². The molecule has 0 bridgehead atoms. The van der Waals surface area contributed by atoms with Crippen molar-refractivity contribution in [1.29, 1.82) is 0 Å². The summed E-state index contributed by atoms with van der Waals surface area (Å²) in [6, 6.07) is 0. The number of aliphatic hydroxyl groups is 1. The Morgan fingerprint density at radius 1 is 1.16 bits per heavy atom. The molecule has 0 radical (unpaired) electrons. The minimum atomic E-state index is -0.526. The molecule has 2 heterocycles. The molecule has 108 valence electrons. The van der Waals surface area contributed by atoms with E-state index in [9.17, 15) is 9.59 Å². The molecule has 0 saturated carbocycles. The molecule has 0 unspecified atom stereocenters. The topological polar surface area (TPSA) is 73.3 Å². The summed E-state index contributed by atoms with van der Waals surface area (Å²) in [5, 5.41) is 8.93. The zero-order chi connectivity index (χ0) is 13.7. The standard InChI is InChI=1S/C12H21N3O4/c16-8-6-13-2-1-3-14(5-4-13)10-11(17)15-7-9-19-12(15)18/h16H,1-10H2. The van der Waals surface area contributed by atoms with E-state index < -0.39 is 6.09 Å². The Morgan fingerprint density at radius 2 is 1.89 bits per heavy atom. The molecule has 0 aromatic carbocycles. The van der Waals surface area contributed by atoms with Crippen molar-refractivity contribution in [2.45, 2.75) is 6.42 Å². The average Bonchev–Trinajstić information content (AvgIpc) is 2.69.